The first-order chi connectivity index (χ1) is 15.4. The van der Waals surface area contributed by atoms with Crippen LogP contribution >= 0.6 is 0 Å². The van der Waals surface area contributed by atoms with Crippen LogP contribution in [0.1, 0.15) is 5.56 Å². The van der Waals surface area contributed by atoms with Gasteiger partial charge in [-0.25, -0.2) is 12.8 Å². The lowest BCUT2D eigenvalue weighted by atomic mass is 10.2. The standard InChI is InChI=1S/C22H27FN2O6S/c23-20-4-2-1-3-17(20)15-29-16-18(26)14-24-7-9-25(10-8-24)32(27,28)19-5-6-21-22(13-19)31-12-11-30-21/h1-6,13,18,26H,7-12,14-16H2. The quantitative estimate of drug-likeness (QED) is 0.631. The van der Waals surface area contributed by atoms with E-state index in [2.05, 4.69) is 0 Å². The first-order valence-electron chi connectivity index (χ1n) is 10.5. The van der Waals surface area contributed by atoms with Crippen LogP contribution < -0.4 is 9.47 Å². The number of hydrogen-bond acceptors (Lipinski definition) is 7. The van der Waals surface area contributed by atoms with E-state index in [0.717, 1.165) is 0 Å². The second-order valence-corrected chi connectivity index (χ2v) is 9.71. The van der Waals surface area contributed by atoms with Crippen LogP contribution in [0.3, 0.4) is 0 Å². The molecule has 2 aromatic carbocycles. The van der Waals surface area contributed by atoms with E-state index in [1.807, 2.05) is 4.90 Å². The third-order valence-corrected chi connectivity index (χ3v) is 7.37. The molecule has 174 valence electrons. The van der Waals surface area contributed by atoms with E-state index < -0.39 is 16.1 Å². The Hall–Kier alpha value is -2.24. The molecule has 1 unspecified atom stereocenters. The Morgan fingerprint density at radius 1 is 1.03 bits per heavy atom. The Morgan fingerprint density at radius 3 is 2.50 bits per heavy atom. The highest BCUT2D eigenvalue weighted by Gasteiger charge is 2.30. The number of sulfonamides is 1. The summed E-state index contributed by atoms with van der Waals surface area (Å²) in [5, 5.41) is 10.2. The maximum atomic E-state index is 13.6. The number of hydrogen-bond donors (Lipinski definition) is 1. The van der Waals surface area contributed by atoms with Crippen LogP contribution in [0.4, 0.5) is 4.39 Å². The lowest BCUT2D eigenvalue weighted by molar-refractivity contribution is 0.00469. The number of β-amino-alcohol motifs (C(OH)–C–C–N with tert-alkyl or cyclic N) is 1. The van der Waals surface area contributed by atoms with Gasteiger partial charge < -0.3 is 19.3 Å². The van der Waals surface area contributed by atoms with Gasteiger partial charge >= 0.3 is 0 Å². The van der Waals surface area contributed by atoms with Gasteiger partial charge in [0.1, 0.15) is 19.0 Å². The zero-order chi connectivity index (χ0) is 22.6. The predicted molar refractivity (Wildman–Crippen MR) is 115 cm³/mol. The molecule has 2 aliphatic heterocycles. The molecule has 0 spiro atoms. The zero-order valence-electron chi connectivity index (χ0n) is 17.7. The van der Waals surface area contributed by atoms with Gasteiger partial charge in [-0.15, -0.1) is 0 Å². The molecule has 1 saturated heterocycles. The van der Waals surface area contributed by atoms with E-state index in [0.29, 0.717) is 63.0 Å². The number of nitrogens with zero attached hydrogens (tertiary/aromatic N) is 2. The molecule has 32 heavy (non-hydrogen) atoms. The number of piperazine rings is 1. The van der Waals surface area contributed by atoms with Gasteiger partial charge in [0.05, 0.1) is 24.2 Å². The van der Waals surface area contributed by atoms with Crippen molar-refractivity contribution < 1.29 is 32.1 Å². The van der Waals surface area contributed by atoms with E-state index in [9.17, 15) is 17.9 Å². The number of ether oxygens (including phenoxy) is 3. The number of aliphatic hydroxyl groups is 1. The zero-order valence-corrected chi connectivity index (χ0v) is 18.5. The minimum absolute atomic E-state index is 0.0735. The highest BCUT2D eigenvalue weighted by atomic mass is 32.2. The lowest BCUT2D eigenvalue weighted by Gasteiger charge is -2.35. The predicted octanol–water partition coefficient (Wildman–Crippen LogP) is 1.48. The molecule has 2 aromatic rings. The fourth-order valence-corrected chi connectivity index (χ4v) is 5.19. The first-order valence-corrected chi connectivity index (χ1v) is 12.0. The lowest BCUT2D eigenvalue weighted by Crippen LogP contribution is -2.50. The van der Waals surface area contributed by atoms with Crippen LogP contribution in [0.5, 0.6) is 11.5 Å². The Morgan fingerprint density at radius 2 is 1.75 bits per heavy atom. The second-order valence-electron chi connectivity index (χ2n) is 7.77. The minimum atomic E-state index is -3.65. The summed E-state index contributed by atoms with van der Waals surface area (Å²) in [5.41, 5.74) is 0.442. The van der Waals surface area contributed by atoms with Crippen LogP contribution in [-0.4, -0.2) is 81.4 Å². The molecule has 0 saturated carbocycles. The van der Waals surface area contributed by atoms with Gasteiger partial charge in [-0.05, 0) is 18.2 Å². The molecule has 2 aliphatic rings. The molecular weight excluding hydrogens is 439 g/mol. The van der Waals surface area contributed by atoms with E-state index in [1.165, 1.54) is 22.5 Å². The first kappa shape index (κ1) is 22.9. The molecule has 0 bridgehead atoms. The Bertz CT molecular complexity index is 1030. The third kappa shape index (κ3) is 5.38. The summed E-state index contributed by atoms with van der Waals surface area (Å²) in [6, 6.07) is 11.0. The van der Waals surface area contributed by atoms with Gasteiger partial charge in [0.2, 0.25) is 10.0 Å². The second kappa shape index (κ2) is 10.1. The molecule has 1 N–H and O–H groups in total. The highest BCUT2D eigenvalue weighted by Crippen LogP contribution is 2.33. The maximum Gasteiger partial charge on any atom is 0.243 e. The molecule has 8 nitrogen and oxygen atoms in total. The number of rotatable bonds is 8. The average molecular weight is 467 g/mol. The largest absolute Gasteiger partial charge is 0.486 e. The third-order valence-electron chi connectivity index (χ3n) is 5.48. The molecule has 0 radical (unpaired) electrons. The number of fused-ring (bicyclic) bond motifs is 1. The van der Waals surface area contributed by atoms with Crippen molar-refractivity contribution in [2.24, 2.45) is 0 Å². The van der Waals surface area contributed by atoms with E-state index >= 15 is 0 Å². The van der Waals surface area contributed by atoms with Gasteiger partial charge in [-0.3, -0.25) is 4.90 Å². The molecule has 1 atom stereocenters. The summed E-state index contributed by atoms with van der Waals surface area (Å²) in [7, 11) is -3.65. The number of halogens is 1. The smallest absolute Gasteiger partial charge is 0.243 e. The average Bonchev–Trinajstić information content (AvgIpc) is 2.80. The van der Waals surface area contributed by atoms with Crippen molar-refractivity contribution in [1.29, 1.82) is 0 Å². The van der Waals surface area contributed by atoms with Crippen molar-refractivity contribution in [3.8, 4) is 11.5 Å². The van der Waals surface area contributed by atoms with Gasteiger partial charge in [0, 0.05) is 44.4 Å². The summed E-state index contributed by atoms with van der Waals surface area (Å²) >= 11 is 0. The van der Waals surface area contributed by atoms with Gasteiger partial charge in [0.25, 0.3) is 0 Å². The van der Waals surface area contributed by atoms with Crippen LogP contribution in [0.25, 0.3) is 0 Å². The molecular formula is C22H27FN2O6S. The number of benzene rings is 2. The highest BCUT2D eigenvalue weighted by molar-refractivity contribution is 7.89. The SMILES string of the molecule is O=S(=O)(c1ccc2c(c1)OCCO2)N1CCN(CC(O)COCc2ccccc2F)CC1. The molecule has 2 heterocycles. The van der Waals surface area contributed by atoms with E-state index in [-0.39, 0.29) is 23.9 Å². The van der Waals surface area contributed by atoms with Crippen LogP contribution in [0, 0.1) is 5.82 Å². The summed E-state index contributed by atoms with van der Waals surface area (Å²) < 4.78 is 57.5. The normalized spacial score (nSPS) is 18.4. The number of aliphatic hydroxyl groups excluding tert-OH is 1. The Kier molecular flexibility index (Phi) is 7.27. The summed E-state index contributed by atoms with van der Waals surface area (Å²) in [5.74, 6) is 0.651. The van der Waals surface area contributed by atoms with Crippen LogP contribution in [-0.2, 0) is 21.4 Å². The fraction of sp³-hybridized carbons (Fsp3) is 0.455. The molecule has 10 heteroatoms. The van der Waals surface area contributed by atoms with Crippen molar-refractivity contribution in [2.75, 3.05) is 52.5 Å². The summed E-state index contributed by atoms with van der Waals surface area (Å²) in [4.78, 5) is 2.17. The van der Waals surface area contributed by atoms with Crippen molar-refractivity contribution in [3.63, 3.8) is 0 Å². The van der Waals surface area contributed by atoms with Crippen LogP contribution in [0.2, 0.25) is 0 Å². The van der Waals surface area contributed by atoms with Crippen molar-refractivity contribution in [2.45, 2.75) is 17.6 Å². The van der Waals surface area contributed by atoms with Gasteiger partial charge in [0.15, 0.2) is 11.5 Å². The van der Waals surface area contributed by atoms with Crippen molar-refractivity contribution in [1.82, 2.24) is 9.21 Å². The molecule has 0 amide bonds. The van der Waals surface area contributed by atoms with Gasteiger partial charge in [-0.2, -0.15) is 4.31 Å². The molecule has 0 aromatic heterocycles. The topological polar surface area (TPSA) is 88.5 Å². The molecule has 0 aliphatic carbocycles. The Labute approximate surface area is 187 Å². The molecule has 4 rings (SSSR count). The monoisotopic (exact) mass is 466 g/mol. The summed E-state index contributed by atoms with van der Waals surface area (Å²) in [6.45, 7) is 2.98. The maximum absolute atomic E-state index is 13.6. The van der Waals surface area contributed by atoms with E-state index in [1.54, 1.807) is 24.3 Å². The van der Waals surface area contributed by atoms with Crippen molar-refractivity contribution in [3.05, 3.63) is 53.8 Å². The summed E-state index contributed by atoms with van der Waals surface area (Å²) in [6.07, 6.45) is -0.747. The minimum Gasteiger partial charge on any atom is -0.486 e. The Balaban J connectivity index is 1.25. The fourth-order valence-electron chi connectivity index (χ4n) is 3.76. The van der Waals surface area contributed by atoms with E-state index in [4.69, 9.17) is 14.2 Å². The van der Waals surface area contributed by atoms with Crippen LogP contribution in [0.15, 0.2) is 47.4 Å². The van der Waals surface area contributed by atoms with Gasteiger partial charge in [-0.1, -0.05) is 18.2 Å². The van der Waals surface area contributed by atoms with Crippen molar-refractivity contribution >= 4 is 10.0 Å². The molecule has 1 fully saturated rings.